The van der Waals surface area contributed by atoms with Gasteiger partial charge in [0, 0.05) is 10.2 Å². The molecule has 0 radical (unpaired) electrons. The van der Waals surface area contributed by atoms with Crippen LogP contribution in [0.2, 0.25) is 0 Å². The third kappa shape index (κ3) is 3.01. The summed E-state index contributed by atoms with van der Waals surface area (Å²) in [6, 6.07) is 5.61. The summed E-state index contributed by atoms with van der Waals surface area (Å²) in [5.74, 6) is -0.219. The van der Waals surface area contributed by atoms with Gasteiger partial charge in [-0.05, 0) is 24.6 Å². The fraction of sp³-hybridized carbons (Fsp3) is 0.222. The number of halogens is 2. The van der Waals surface area contributed by atoms with E-state index in [1.54, 1.807) is 0 Å². The Kier molecular flexibility index (Phi) is 3.75. The van der Waals surface area contributed by atoms with Gasteiger partial charge in [-0.25, -0.2) is 0 Å². The van der Waals surface area contributed by atoms with Gasteiger partial charge in [-0.2, -0.15) is 0 Å². The molecule has 0 bridgehead atoms. The van der Waals surface area contributed by atoms with Crippen LogP contribution in [0.1, 0.15) is 5.56 Å². The van der Waals surface area contributed by atoms with Crippen molar-refractivity contribution in [3.8, 4) is 0 Å². The highest BCUT2D eigenvalue weighted by molar-refractivity contribution is 9.10. The van der Waals surface area contributed by atoms with Gasteiger partial charge in [0.15, 0.2) is 0 Å². The van der Waals surface area contributed by atoms with Crippen molar-refractivity contribution in [2.45, 2.75) is 6.92 Å². The number of hydrogen-bond acceptors (Lipinski definition) is 1. The predicted molar refractivity (Wildman–Crippen MR) is 58.2 cm³/mol. The van der Waals surface area contributed by atoms with Crippen LogP contribution in [0.4, 0.5) is 5.69 Å². The van der Waals surface area contributed by atoms with Crippen molar-refractivity contribution >= 4 is 39.1 Å². The Balaban J connectivity index is 2.79. The molecule has 0 aliphatic rings. The lowest BCUT2D eigenvalue weighted by molar-refractivity contribution is -0.113. The van der Waals surface area contributed by atoms with E-state index in [4.69, 9.17) is 11.6 Å². The number of aryl methyl sites for hydroxylation is 1. The maximum absolute atomic E-state index is 10.9. The van der Waals surface area contributed by atoms with E-state index in [1.165, 1.54) is 0 Å². The minimum Gasteiger partial charge on any atom is -0.325 e. The van der Waals surface area contributed by atoms with Crippen molar-refractivity contribution in [2.75, 3.05) is 11.2 Å². The summed E-state index contributed by atoms with van der Waals surface area (Å²) in [6.07, 6.45) is 0. The zero-order valence-corrected chi connectivity index (χ0v) is 9.45. The van der Waals surface area contributed by atoms with Gasteiger partial charge >= 0.3 is 0 Å². The fourth-order valence-electron chi connectivity index (χ4n) is 0.865. The lowest BCUT2D eigenvalue weighted by atomic mass is 10.2. The van der Waals surface area contributed by atoms with Gasteiger partial charge in [0.1, 0.15) is 5.88 Å². The second-order valence-electron chi connectivity index (χ2n) is 2.65. The summed E-state index contributed by atoms with van der Waals surface area (Å²) in [7, 11) is 0. The van der Waals surface area contributed by atoms with Crippen LogP contribution in [0.5, 0.6) is 0 Å². The molecule has 0 atom stereocenters. The first-order chi connectivity index (χ1) is 6.13. The van der Waals surface area contributed by atoms with E-state index in [9.17, 15) is 4.79 Å². The van der Waals surface area contributed by atoms with Crippen molar-refractivity contribution in [1.29, 1.82) is 0 Å². The predicted octanol–water partition coefficient (Wildman–Crippen LogP) is 2.93. The van der Waals surface area contributed by atoms with Crippen molar-refractivity contribution in [2.24, 2.45) is 0 Å². The maximum Gasteiger partial charge on any atom is 0.239 e. The number of hydrogen-bond donors (Lipinski definition) is 1. The largest absolute Gasteiger partial charge is 0.325 e. The lowest BCUT2D eigenvalue weighted by Gasteiger charge is -2.04. The Bertz CT molecular complexity index is 327. The Morgan fingerprint density at radius 3 is 2.85 bits per heavy atom. The smallest absolute Gasteiger partial charge is 0.239 e. The first-order valence-electron chi connectivity index (χ1n) is 3.75. The van der Waals surface area contributed by atoms with Crippen LogP contribution in [-0.2, 0) is 4.79 Å². The highest BCUT2D eigenvalue weighted by atomic mass is 79.9. The highest BCUT2D eigenvalue weighted by Gasteiger charge is 2.01. The third-order valence-electron chi connectivity index (χ3n) is 1.58. The van der Waals surface area contributed by atoms with E-state index >= 15 is 0 Å². The SMILES string of the molecule is Cc1ccc(NC(=O)CCl)cc1Br. The number of anilines is 1. The molecule has 0 aliphatic heterocycles. The van der Waals surface area contributed by atoms with Crippen LogP contribution in [0.3, 0.4) is 0 Å². The second kappa shape index (κ2) is 4.63. The van der Waals surface area contributed by atoms with Crippen LogP contribution in [0.15, 0.2) is 22.7 Å². The molecular formula is C9H9BrClNO. The van der Waals surface area contributed by atoms with Gasteiger partial charge in [0.25, 0.3) is 0 Å². The summed E-state index contributed by atoms with van der Waals surface area (Å²) in [5, 5.41) is 2.66. The Morgan fingerprint density at radius 2 is 2.31 bits per heavy atom. The van der Waals surface area contributed by atoms with E-state index in [0.29, 0.717) is 0 Å². The van der Waals surface area contributed by atoms with Crippen molar-refractivity contribution in [3.63, 3.8) is 0 Å². The number of nitrogens with one attached hydrogen (secondary N) is 1. The van der Waals surface area contributed by atoms with Gasteiger partial charge in [-0.1, -0.05) is 22.0 Å². The molecule has 1 rings (SSSR count). The Hall–Kier alpha value is -0.540. The molecule has 0 saturated carbocycles. The number of alkyl halides is 1. The van der Waals surface area contributed by atoms with E-state index in [-0.39, 0.29) is 11.8 Å². The van der Waals surface area contributed by atoms with E-state index in [0.717, 1.165) is 15.7 Å². The van der Waals surface area contributed by atoms with Crippen molar-refractivity contribution < 1.29 is 4.79 Å². The monoisotopic (exact) mass is 261 g/mol. The zero-order chi connectivity index (χ0) is 9.84. The molecule has 0 fully saturated rings. The molecule has 1 aromatic carbocycles. The van der Waals surface area contributed by atoms with Gasteiger partial charge in [-0.15, -0.1) is 11.6 Å². The minimum absolute atomic E-state index is 0.0223. The number of rotatable bonds is 2. The van der Waals surface area contributed by atoms with E-state index < -0.39 is 0 Å². The quantitative estimate of drug-likeness (QED) is 0.816. The average Bonchev–Trinajstić information content (AvgIpc) is 2.11. The second-order valence-corrected chi connectivity index (χ2v) is 3.77. The molecule has 0 aromatic heterocycles. The molecule has 0 heterocycles. The number of amides is 1. The summed E-state index contributed by atoms with van der Waals surface area (Å²) in [4.78, 5) is 10.9. The molecular weight excluding hydrogens is 253 g/mol. The zero-order valence-electron chi connectivity index (χ0n) is 7.10. The van der Waals surface area contributed by atoms with E-state index in [1.807, 2.05) is 25.1 Å². The van der Waals surface area contributed by atoms with Crippen LogP contribution < -0.4 is 5.32 Å². The normalized spacial score (nSPS) is 9.77. The van der Waals surface area contributed by atoms with Crippen LogP contribution in [-0.4, -0.2) is 11.8 Å². The molecule has 4 heteroatoms. The fourth-order valence-corrected chi connectivity index (χ4v) is 1.31. The van der Waals surface area contributed by atoms with Crippen LogP contribution in [0, 0.1) is 6.92 Å². The molecule has 70 valence electrons. The summed E-state index contributed by atoms with van der Waals surface area (Å²) >= 11 is 8.72. The Morgan fingerprint density at radius 1 is 1.62 bits per heavy atom. The van der Waals surface area contributed by atoms with Crippen LogP contribution >= 0.6 is 27.5 Å². The molecule has 0 spiro atoms. The van der Waals surface area contributed by atoms with E-state index in [2.05, 4.69) is 21.2 Å². The van der Waals surface area contributed by atoms with Crippen molar-refractivity contribution in [1.82, 2.24) is 0 Å². The molecule has 1 aromatic rings. The van der Waals surface area contributed by atoms with Crippen molar-refractivity contribution in [3.05, 3.63) is 28.2 Å². The Labute approximate surface area is 90.4 Å². The standard InChI is InChI=1S/C9H9BrClNO/c1-6-2-3-7(4-8(6)10)12-9(13)5-11/h2-4H,5H2,1H3,(H,12,13). The number of benzene rings is 1. The average molecular weight is 263 g/mol. The molecule has 0 aliphatic carbocycles. The summed E-state index contributed by atoms with van der Waals surface area (Å²) < 4.78 is 0.972. The minimum atomic E-state index is -0.197. The highest BCUT2D eigenvalue weighted by Crippen LogP contribution is 2.20. The lowest BCUT2D eigenvalue weighted by Crippen LogP contribution is -2.12. The number of carbonyl (C=O) groups is 1. The molecule has 13 heavy (non-hydrogen) atoms. The molecule has 0 unspecified atom stereocenters. The van der Waals surface area contributed by atoms with Gasteiger partial charge in [0.2, 0.25) is 5.91 Å². The first kappa shape index (κ1) is 10.5. The summed E-state index contributed by atoms with van der Waals surface area (Å²) in [6.45, 7) is 1.98. The topological polar surface area (TPSA) is 29.1 Å². The maximum atomic E-state index is 10.9. The molecule has 0 saturated heterocycles. The first-order valence-corrected chi connectivity index (χ1v) is 5.08. The molecule has 1 N–H and O–H groups in total. The van der Waals surface area contributed by atoms with Crippen LogP contribution in [0.25, 0.3) is 0 Å². The summed E-state index contributed by atoms with van der Waals surface area (Å²) in [5.41, 5.74) is 1.88. The third-order valence-corrected chi connectivity index (χ3v) is 2.67. The number of carbonyl (C=O) groups excluding carboxylic acids is 1. The van der Waals surface area contributed by atoms with Gasteiger partial charge < -0.3 is 5.32 Å². The molecule has 1 amide bonds. The van der Waals surface area contributed by atoms with Gasteiger partial charge in [0.05, 0.1) is 0 Å². The molecule has 2 nitrogen and oxygen atoms in total. The van der Waals surface area contributed by atoms with Gasteiger partial charge in [-0.3, -0.25) is 4.79 Å².